The lowest BCUT2D eigenvalue weighted by atomic mass is 9.52. The van der Waals surface area contributed by atoms with Gasteiger partial charge in [0.25, 0.3) is 5.91 Å². The fourth-order valence-electron chi connectivity index (χ4n) is 14.8. The number of aliphatic hydroxyl groups excluding tert-OH is 2. The Labute approximate surface area is 530 Å². The first-order valence-corrected chi connectivity index (χ1v) is 33.8. The van der Waals surface area contributed by atoms with Crippen molar-refractivity contribution in [2.24, 2.45) is 40.7 Å². The Morgan fingerprint density at radius 2 is 1.60 bits per heavy atom. The maximum Gasteiger partial charge on any atom is 0.453 e. The third kappa shape index (κ3) is 18.6. The van der Waals surface area contributed by atoms with E-state index in [9.17, 15) is 60.7 Å². The van der Waals surface area contributed by atoms with Gasteiger partial charge >= 0.3 is 24.3 Å². The van der Waals surface area contributed by atoms with E-state index in [4.69, 9.17) is 24.7 Å². The Morgan fingerprint density at radius 1 is 0.911 bits per heavy atom. The first-order chi connectivity index (χ1) is 42.7. The first-order valence-electron chi connectivity index (χ1n) is 32.3. The van der Waals surface area contributed by atoms with E-state index in [2.05, 4.69) is 28.5 Å². The molecule has 1 aromatic carbocycles. The molecule has 0 radical (unpaired) electrons. The molecular weight excluding hydrogens is 1190 g/mol. The van der Waals surface area contributed by atoms with E-state index in [0.717, 1.165) is 83.1 Å². The second-order valence-corrected chi connectivity index (χ2v) is 27.9. The maximum absolute atomic E-state index is 14.3. The minimum atomic E-state index is -5.59. The molecule has 3 fully saturated rings. The summed E-state index contributed by atoms with van der Waals surface area (Å²) in [6.07, 6.45) is 7.31. The van der Waals surface area contributed by atoms with Crippen LogP contribution >= 0.6 is 0 Å². The summed E-state index contributed by atoms with van der Waals surface area (Å²) >= 11 is -1.43. The zero-order chi connectivity index (χ0) is 65.7. The summed E-state index contributed by atoms with van der Waals surface area (Å²) in [7, 11) is 2.90. The van der Waals surface area contributed by atoms with E-state index in [0.29, 0.717) is 79.9 Å². The zero-order valence-electron chi connectivity index (χ0n) is 53.4. The van der Waals surface area contributed by atoms with Gasteiger partial charge in [-0.05, 0) is 148 Å². The highest BCUT2D eigenvalue weighted by molar-refractivity contribution is 7.91. The lowest BCUT2D eigenvalue weighted by Gasteiger charge is -2.53. The molecule has 1 unspecified atom stereocenters. The van der Waals surface area contributed by atoms with Crippen LogP contribution in [0.3, 0.4) is 0 Å². The molecule has 7 rings (SSSR count). The number of ether oxygens (including phenoxy) is 4. The number of hydrogen-bond donors (Lipinski definition) is 5. The molecule has 90 heavy (non-hydrogen) atoms. The van der Waals surface area contributed by atoms with Gasteiger partial charge in [0.15, 0.2) is 6.10 Å². The Balaban J connectivity index is 0.923. The van der Waals surface area contributed by atoms with Gasteiger partial charge in [0.05, 0.1) is 29.7 Å². The van der Waals surface area contributed by atoms with E-state index in [1.54, 1.807) is 43.9 Å². The average Bonchev–Trinajstić information content (AvgIpc) is 1.39. The molecule has 0 spiro atoms. The van der Waals surface area contributed by atoms with E-state index in [1.165, 1.54) is 31.4 Å². The third-order valence-corrected chi connectivity index (χ3v) is 21.4. The number of piperazine rings is 1. The van der Waals surface area contributed by atoms with Gasteiger partial charge < -0.3 is 55.0 Å². The number of nitrogens with two attached hydrogens (primary N) is 1. The molecule has 2 saturated carbocycles. The number of alkyl halides is 5. The van der Waals surface area contributed by atoms with Gasteiger partial charge in [0, 0.05) is 83.0 Å². The normalized spacial score (nSPS) is 29.5. The number of halogens is 5. The summed E-state index contributed by atoms with van der Waals surface area (Å²) in [5.41, 5.74) is 8.72. The lowest BCUT2D eigenvalue weighted by molar-refractivity contribution is -0.284. The lowest BCUT2D eigenvalue weighted by Crippen LogP contribution is -2.51. The maximum atomic E-state index is 14.3. The number of nitrogens with one attached hydrogen (secondary N) is 2. The summed E-state index contributed by atoms with van der Waals surface area (Å²) in [5.74, 6) is -4.99. The quantitative estimate of drug-likeness (QED) is 0.0239. The van der Waals surface area contributed by atoms with Crippen molar-refractivity contribution in [3.05, 3.63) is 87.8 Å². The monoisotopic (exact) mass is 1290 g/mol. The predicted octanol–water partition coefficient (Wildman–Crippen LogP) is 10.5. The number of carbonyl (C=O) groups is 5. The number of unbranched alkanes of at least 4 members (excludes halogenated alkanes) is 6. The van der Waals surface area contributed by atoms with Gasteiger partial charge in [-0.15, -0.1) is 0 Å². The Kier molecular flexibility index (Phi) is 26.2. The van der Waals surface area contributed by atoms with Gasteiger partial charge in [-0.2, -0.15) is 22.0 Å². The van der Waals surface area contributed by atoms with E-state index in [-0.39, 0.29) is 65.1 Å². The van der Waals surface area contributed by atoms with Crippen molar-refractivity contribution in [1.82, 2.24) is 20.4 Å². The number of aliphatic hydroxyl groups is 2. The van der Waals surface area contributed by atoms with Gasteiger partial charge in [0.2, 0.25) is 11.6 Å². The van der Waals surface area contributed by atoms with Crippen molar-refractivity contribution >= 4 is 40.8 Å². The number of Topliss-reactive ketones (excluding diaryl/α,β-unsaturated/α-hetero) is 1. The molecule has 17 nitrogen and oxygen atoms in total. The average molecular weight is 1290 g/mol. The Morgan fingerprint density at radius 3 is 2.28 bits per heavy atom. The summed E-state index contributed by atoms with van der Waals surface area (Å²) in [5, 5.41) is 28.7. The number of ketones is 2. The third-order valence-electron chi connectivity index (χ3n) is 19.9. The summed E-state index contributed by atoms with van der Waals surface area (Å²) < 4.78 is 99.1. The molecule has 1 aromatic rings. The van der Waals surface area contributed by atoms with Crippen LogP contribution in [0.1, 0.15) is 154 Å². The van der Waals surface area contributed by atoms with Gasteiger partial charge in [0.1, 0.15) is 23.4 Å². The van der Waals surface area contributed by atoms with Crippen LogP contribution in [0, 0.1) is 35.0 Å². The molecule has 6 N–H and O–H groups in total. The van der Waals surface area contributed by atoms with Crippen molar-refractivity contribution in [2.45, 2.75) is 192 Å². The van der Waals surface area contributed by atoms with Gasteiger partial charge in [-0.3, -0.25) is 19.3 Å². The SMILES string of the molecule is CO[C@H]1C=CC=C(C)C(=O)NC2=CC(=O)C(NCCN3CCN(C(=O)Oc4ccc5c(c4)C[C@@H](CCCCCCCCC[S+]([O-])CCCC(F)(F)C(F)(F)F)[C@@H]4[C@@H]5CC[C@]5(C)[C@@H](O)CC[C@@H]45)CC3)=C(C[C@@H](C)C[C@H](OC)[C@@H](O)[C@@H](C)C=C(C)[C@@H]1OC(N)=O)C2=O. The van der Waals surface area contributed by atoms with E-state index in [1.807, 2.05) is 19.1 Å². The number of allylic oxidation sites excluding steroid dienone is 4. The number of carbonyl (C=O) groups excluding carboxylic acids is 5. The van der Waals surface area contributed by atoms with Gasteiger partial charge in [-0.1, -0.05) is 94.4 Å². The highest BCUT2D eigenvalue weighted by Crippen LogP contribution is 2.63. The largest absolute Gasteiger partial charge is 0.616 e. The van der Waals surface area contributed by atoms with Crippen LogP contribution < -0.4 is 21.1 Å². The molecule has 2 aliphatic heterocycles. The van der Waals surface area contributed by atoms with Crippen LogP contribution in [0.2, 0.25) is 0 Å². The molecular formula is C67H96F5N5O12S. The number of methoxy groups -OCH3 is 2. The highest BCUT2D eigenvalue weighted by atomic mass is 32.2. The molecule has 0 aromatic heterocycles. The molecule has 13 atom stereocenters. The molecule has 6 aliphatic rings. The highest BCUT2D eigenvalue weighted by Gasteiger charge is 2.58. The second-order valence-electron chi connectivity index (χ2n) is 26.2. The number of benzene rings is 1. The number of nitrogens with zero attached hydrogens (tertiary/aromatic N) is 2. The molecule has 2 heterocycles. The molecule has 1 saturated heterocycles. The van der Waals surface area contributed by atoms with Crippen LogP contribution in [0.4, 0.5) is 31.5 Å². The van der Waals surface area contributed by atoms with E-state index >= 15 is 0 Å². The molecule has 4 aliphatic carbocycles. The van der Waals surface area contributed by atoms with Crippen LogP contribution in [0.5, 0.6) is 5.75 Å². The van der Waals surface area contributed by atoms with Gasteiger partial charge in [-0.25, -0.2) is 9.59 Å². The standard InChI is InChI=1S/C67H96F5N5O12S/c1-41-35-50-58(53(78)40-52(60(50)81)75-62(82)42(2)17-15-19-54(86-6)61(89-63(73)83)44(4)37-43(3)59(80)55(36-41)87-7)74-27-28-76-29-31-77(32-30-76)64(84)88-47-20-21-48-46(39-47)38-45(57-49(48)24-26-65(5)51(57)22-23-56(65)79)18-13-11-9-8-10-12-14-33-90(85)34-16-25-66(68,69)67(70,71)72/h15,17,19-21,37,39-41,43,45,49,51,54-57,59,61,74,79-80H,8-14,16,18,22-36,38H2,1-7H3,(H2,73,83)(H,75,82)/t41-,43+,45-,49-,51+,54+,55+,56+,57-,59+,61+,65+,90?/m1/s1. The number of hydrogen-bond acceptors (Lipinski definition) is 14. The fraction of sp³-hybridized carbons (Fsp3) is 0.687. The minimum absolute atomic E-state index is 0.111. The number of fused-ring (bicyclic) bond motifs is 7. The summed E-state index contributed by atoms with van der Waals surface area (Å²) in [6, 6.07) is 6.10. The topological polar surface area (TPSA) is 242 Å². The van der Waals surface area contributed by atoms with Crippen molar-refractivity contribution in [3.63, 3.8) is 0 Å². The van der Waals surface area contributed by atoms with E-state index < -0.39 is 96.1 Å². The van der Waals surface area contributed by atoms with Crippen molar-refractivity contribution in [3.8, 4) is 5.75 Å². The molecule has 3 amide bonds. The van der Waals surface area contributed by atoms with Crippen molar-refractivity contribution < 1.29 is 79.6 Å². The van der Waals surface area contributed by atoms with Crippen LogP contribution in [0.25, 0.3) is 0 Å². The summed E-state index contributed by atoms with van der Waals surface area (Å²) in [4.78, 5) is 71.5. The Hall–Kier alpha value is -5.17. The number of amides is 3. The number of primary amides is 1. The zero-order valence-corrected chi connectivity index (χ0v) is 54.2. The van der Waals surface area contributed by atoms with Crippen molar-refractivity contribution in [1.29, 1.82) is 0 Å². The smallest absolute Gasteiger partial charge is 0.453 e. The predicted molar refractivity (Wildman–Crippen MR) is 333 cm³/mol. The molecule has 2 bridgehead atoms. The number of rotatable bonds is 22. The Bertz CT molecular complexity index is 2820. The van der Waals surface area contributed by atoms with Crippen LogP contribution in [-0.4, -0.2) is 162 Å². The van der Waals surface area contributed by atoms with Crippen molar-refractivity contribution in [2.75, 3.05) is 65.0 Å². The first kappa shape index (κ1) is 72.3. The fourth-order valence-corrected chi connectivity index (χ4v) is 16.0. The van der Waals surface area contributed by atoms with Crippen LogP contribution in [-0.2, 0) is 46.2 Å². The second kappa shape index (κ2) is 32.6. The molecule has 23 heteroatoms. The minimum Gasteiger partial charge on any atom is -0.616 e. The van der Waals surface area contributed by atoms with Crippen LogP contribution in [0.15, 0.2) is 76.7 Å². The molecule has 502 valence electrons. The summed E-state index contributed by atoms with van der Waals surface area (Å²) in [6.45, 7) is 11.9.